The molecule has 0 fully saturated rings. The lowest BCUT2D eigenvalue weighted by Crippen LogP contribution is -2.16. The maximum absolute atomic E-state index is 12.8. The van der Waals surface area contributed by atoms with E-state index in [2.05, 4.69) is 15.5 Å². The molecule has 2 aromatic carbocycles. The van der Waals surface area contributed by atoms with Crippen LogP contribution >= 0.6 is 46.0 Å². The number of rotatable bonds is 6. The van der Waals surface area contributed by atoms with Crippen LogP contribution in [-0.4, -0.2) is 39.3 Å². The third kappa shape index (κ3) is 4.10. The molecule has 1 amide bonds. The molecule has 166 valence electrons. The van der Waals surface area contributed by atoms with Gasteiger partial charge < -0.3 is 10.1 Å². The summed E-state index contributed by atoms with van der Waals surface area (Å²) < 4.78 is 8.40. The van der Waals surface area contributed by atoms with Gasteiger partial charge in [0, 0.05) is 5.56 Å². The van der Waals surface area contributed by atoms with Crippen molar-refractivity contribution in [3.8, 4) is 11.1 Å². The van der Waals surface area contributed by atoms with Crippen LogP contribution < -0.4 is 5.32 Å². The van der Waals surface area contributed by atoms with E-state index < -0.39 is 5.97 Å². The smallest absolute Gasteiger partial charge is 0.341 e. The molecule has 33 heavy (non-hydrogen) atoms. The molecule has 7 nitrogen and oxygen atoms in total. The van der Waals surface area contributed by atoms with E-state index in [0.717, 1.165) is 32.1 Å². The van der Waals surface area contributed by atoms with E-state index in [1.54, 1.807) is 11.3 Å². The number of aromatic nitrogens is 3. The zero-order valence-corrected chi connectivity index (χ0v) is 20.3. The summed E-state index contributed by atoms with van der Waals surface area (Å²) >= 11 is 10.4. The number of para-hydroxylation sites is 1. The van der Waals surface area contributed by atoms with Gasteiger partial charge in [-0.25, -0.2) is 4.79 Å². The van der Waals surface area contributed by atoms with Gasteiger partial charge in [0.05, 0.1) is 23.1 Å². The number of hydrogen-bond acceptors (Lipinski definition) is 8. The summed E-state index contributed by atoms with van der Waals surface area (Å²) in [4.78, 5) is 26.1. The first-order chi connectivity index (χ1) is 16.1. The maximum atomic E-state index is 12.8. The van der Waals surface area contributed by atoms with Gasteiger partial charge in [0.25, 0.3) is 0 Å². The van der Waals surface area contributed by atoms with Gasteiger partial charge in [-0.3, -0.25) is 9.20 Å². The number of halogens is 1. The van der Waals surface area contributed by atoms with Gasteiger partial charge in [0.1, 0.15) is 14.9 Å². The van der Waals surface area contributed by atoms with Crippen molar-refractivity contribution in [3.05, 3.63) is 64.5 Å². The Morgan fingerprint density at radius 1 is 1.09 bits per heavy atom. The van der Waals surface area contributed by atoms with E-state index in [-0.39, 0.29) is 17.2 Å². The minimum atomic E-state index is -0.566. The van der Waals surface area contributed by atoms with E-state index in [1.807, 2.05) is 59.0 Å². The first-order valence-corrected chi connectivity index (χ1v) is 12.7. The monoisotopic (exact) mass is 514 g/mol. The van der Waals surface area contributed by atoms with Crippen LogP contribution in [-0.2, 0) is 9.53 Å². The SMILES string of the molecule is COC(=O)c1c(NC(=O)CSc2nnc3sc4ccccc4n23)sc(Cl)c1-c1ccccc1. The molecule has 0 bridgehead atoms. The Balaban J connectivity index is 1.39. The number of carbonyl (C=O) groups excluding carboxylic acids is 2. The number of methoxy groups -OCH3 is 1. The van der Waals surface area contributed by atoms with Crippen LogP contribution in [0.2, 0.25) is 4.34 Å². The fraction of sp³-hybridized carbons (Fsp3) is 0.0909. The minimum Gasteiger partial charge on any atom is -0.465 e. The molecule has 1 N–H and O–H groups in total. The Morgan fingerprint density at radius 3 is 2.64 bits per heavy atom. The highest BCUT2D eigenvalue weighted by atomic mass is 35.5. The lowest BCUT2D eigenvalue weighted by atomic mass is 10.0. The molecule has 0 radical (unpaired) electrons. The Morgan fingerprint density at radius 2 is 1.85 bits per heavy atom. The third-order valence-corrected chi connectivity index (χ3v) is 8.07. The molecule has 3 heterocycles. The number of nitrogens with zero attached hydrogens (tertiary/aromatic N) is 3. The topological polar surface area (TPSA) is 85.6 Å². The average molecular weight is 515 g/mol. The molecule has 0 aliphatic rings. The lowest BCUT2D eigenvalue weighted by molar-refractivity contribution is -0.113. The number of esters is 1. The molecule has 0 saturated heterocycles. The van der Waals surface area contributed by atoms with Crippen LogP contribution in [0.25, 0.3) is 26.3 Å². The quantitative estimate of drug-likeness (QED) is 0.226. The number of fused-ring (bicyclic) bond motifs is 3. The fourth-order valence-corrected chi connectivity index (χ4v) is 6.55. The predicted molar refractivity (Wildman–Crippen MR) is 134 cm³/mol. The largest absolute Gasteiger partial charge is 0.465 e. The molecule has 0 aliphatic carbocycles. The van der Waals surface area contributed by atoms with Crippen LogP contribution in [0.1, 0.15) is 10.4 Å². The number of hydrogen-bond donors (Lipinski definition) is 1. The second-order valence-electron chi connectivity index (χ2n) is 6.82. The molecule has 5 aromatic rings. The van der Waals surface area contributed by atoms with E-state index in [9.17, 15) is 9.59 Å². The first kappa shape index (κ1) is 21.9. The van der Waals surface area contributed by atoms with Gasteiger partial charge in [-0.15, -0.1) is 21.5 Å². The van der Waals surface area contributed by atoms with Gasteiger partial charge in [-0.2, -0.15) is 0 Å². The minimum absolute atomic E-state index is 0.0851. The number of thiophene rings is 1. The van der Waals surface area contributed by atoms with Crippen LogP contribution in [0, 0.1) is 0 Å². The van der Waals surface area contributed by atoms with Crippen molar-refractivity contribution in [2.24, 2.45) is 0 Å². The van der Waals surface area contributed by atoms with Gasteiger partial charge in [-0.05, 0) is 17.7 Å². The summed E-state index contributed by atoms with van der Waals surface area (Å²) in [5, 5.41) is 12.2. The van der Waals surface area contributed by atoms with E-state index >= 15 is 0 Å². The van der Waals surface area contributed by atoms with Gasteiger partial charge in [0.2, 0.25) is 10.9 Å². The highest BCUT2D eigenvalue weighted by Gasteiger charge is 2.26. The number of ether oxygens (including phenoxy) is 1. The zero-order valence-electron chi connectivity index (χ0n) is 17.1. The summed E-state index contributed by atoms with van der Waals surface area (Å²) in [5.74, 6) is -0.773. The third-order valence-electron chi connectivity index (χ3n) is 4.81. The van der Waals surface area contributed by atoms with Crippen molar-refractivity contribution >= 4 is 78.1 Å². The molecule has 0 saturated carbocycles. The number of thiazole rings is 1. The molecular formula is C22H15ClN4O3S3. The van der Waals surface area contributed by atoms with Crippen molar-refractivity contribution < 1.29 is 14.3 Å². The van der Waals surface area contributed by atoms with Gasteiger partial charge in [0.15, 0.2) is 5.16 Å². The summed E-state index contributed by atoms with van der Waals surface area (Å²) in [6.07, 6.45) is 0. The van der Waals surface area contributed by atoms with Crippen LogP contribution in [0.4, 0.5) is 5.00 Å². The highest BCUT2D eigenvalue weighted by Crippen LogP contribution is 2.44. The van der Waals surface area contributed by atoms with Crippen LogP contribution in [0.3, 0.4) is 0 Å². The fourth-order valence-electron chi connectivity index (χ4n) is 3.39. The summed E-state index contributed by atoms with van der Waals surface area (Å²) in [6.45, 7) is 0. The number of carbonyl (C=O) groups is 2. The van der Waals surface area contributed by atoms with Crippen molar-refractivity contribution in [1.82, 2.24) is 14.6 Å². The molecule has 0 atom stereocenters. The van der Waals surface area contributed by atoms with Crippen LogP contribution in [0.15, 0.2) is 59.8 Å². The maximum Gasteiger partial charge on any atom is 0.341 e. The molecule has 5 rings (SSSR count). The summed E-state index contributed by atoms with van der Waals surface area (Å²) in [7, 11) is 1.30. The number of thioether (sulfide) groups is 1. The molecular weight excluding hydrogens is 500 g/mol. The number of nitrogens with one attached hydrogen (secondary N) is 1. The highest BCUT2D eigenvalue weighted by molar-refractivity contribution is 7.99. The molecule has 3 aromatic heterocycles. The van der Waals surface area contributed by atoms with E-state index in [1.165, 1.54) is 18.9 Å². The van der Waals surface area contributed by atoms with Gasteiger partial charge in [-0.1, -0.05) is 77.2 Å². The van der Waals surface area contributed by atoms with Crippen molar-refractivity contribution in [2.45, 2.75) is 5.16 Å². The first-order valence-electron chi connectivity index (χ1n) is 9.68. The molecule has 0 spiro atoms. The number of amides is 1. The Hall–Kier alpha value is -2.92. The second kappa shape index (κ2) is 9.14. The van der Waals surface area contributed by atoms with E-state index in [0.29, 0.717) is 20.1 Å². The molecule has 0 aliphatic heterocycles. The van der Waals surface area contributed by atoms with Crippen molar-refractivity contribution in [1.29, 1.82) is 0 Å². The summed E-state index contributed by atoms with van der Waals surface area (Å²) in [5.41, 5.74) is 2.55. The van der Waals surface area contributed by atoms with Crippen molar-refractivity contribution in [3.63, 3.8) is 0 Å². The number of benzene rings is 2. The normalized spacial score (nSPS) is 11.2. The average Bonchev–Trinajstić information content (AvgIpc) is 3.49. The van der Waals surface area contributed by atoms with Crippen molar-refractivity contribution in [2.75, 3.05) is 18.2 Å². The Kier molecular flexibility index (Phi) is 6.07. The Labute approximate surface area is 205 Å². The summed E-state index contributed by atoms with van der Waals surface area (Å²) in [6, 6.07) is 17.2. The molecule has 11 heteroatoms. The lowest BCUT2D eigenvalue weighted by Gasteiger charge is -2.07. The Bertz CT molecular complexity index is 1490. The molecule has 0 unspecified atom stereocenters. The second-order valence-corrected chi connectivity index (χ2v) is 10.4. The number of anilines is 1. The van der Waals surface area contributed by atoms with Gasteiger partial charge >= 0.3 is 5.97 Å². The predicted octanol–water partition coefficient (Wildman–Crippen LogP) is 5.84. The van der Waals surface area contributed by atoms with E-state index in [4.69, 9.17) is 16.3 Å². The zero-order chi connectivity index (χ0) is 22.9. The standard InChI is InChI=1S/C22H15ClN4O3S3/c1-30-20(29)17-16(12-7-3-2-4-8-12)18(23)33-19(17)24-15(28)11-31-21-25-26-22-27(21)13-9-5-6-10-14(13)32-22/h2-10H,11H2,1H3,(H,24,28). The van der Waals surface area contributed by atoms with Crippen LogP contribution in [0.5, 0.6) is 0 Å².